The van der Waals surface area contributed by atoms with E-state index < -0.39 is 0 Å². The molecule has 0 spiro atoms. The Hall–Kier alpha value is -0.0400. The fourth-order valence-electron chi connectivity index (χ4n) is 1.16. The molecule has 0 aromatic rings. The number of rotatable bonds is 4. The van der Waals surface area contributed by atoms with Crippen LogP contribution in [0.2, 0.25) is 0 Å². The summed E-state index contributed by atoms with van der Waals surface area (Å²) in [5.41, 5.74) is 0.363. The van der Waals surface area contributed by atoms with E-state index in [-0.39, 0.29) is 0 Å². The summed E-state index contributed by atoms with van der Waals surface area (Å²) in [7, 11) is 0. The third-order valence-electron chi connectivity index (χ3n) is 3.31. The van der Waals surface area contributed by atoms with Gasteiger partial charge >= 0.3 is 0 Å². The van der Waals surface area contributed by atoms with E-state index in [0.717, 1.165) is 5.92 Å². The summed E-state index contributed by atoms with van der Waals surface area (Å²) in [6, 6.07) is 1.20. The lowest BCUT2D eigenvalue weighted by molar-refractivity contribution is 0.241. The lowest BCUT2D eigenvalue weighted by atomic mass is 9.86. The molecule has 13 heavy (non-hydrogen) atoms. The second kappa shape index (κ2) is 4.99. The quantitative estimate of drug-likeness (QED) is 0.707. The molecule has 1 N–H and O–H groups in total. The van der Waals surface area contributed by atoms with Crippen molar-refractivity contribution < 1.29 is 0 Å². The van der Waals surface area contributed by atoms with Gasteiger partial charge in [-0.15, -0.1) is 0 Å². The van der Waals surface area contributed by atoms with Crippen LogP contribution in [0.1, 0.15) is 54.9 Å². The first-order chi connectivity index (χ1) is 5.79. The van der Waals surface area contributed by atoms with E-state index in [0.29, 0.717) is 17.5 Å². The highest BCUT2D eigenvalue weighted by Gasteiger charge is 2.22. The molecule has 0 saturated heterocycles. The summed E-state index contributed by atoms with van der Waals surface area (Å²) >= 11 is 0. The molecule has 0 aliphatic carbocycles. The highest BCUT2D eigenvalue weighted by atomic mass is 15.0. The molecule has 1 heteroatoms. The molecule has 80 valence electrons. The number of hydrogen-bond donors (Lipinski definition) is 1. The molecule has 0 saturated carbocycles. The van der Waals surface area contributed by atoms with Crippen molar-refractivity contribution in [3.63, 3.8) is 0 Å². The topological polar surface area (TPSA) is 12.0 Å². The molecule has 0 rings (SSSR count). The van der Waals surface area contributed by atoms with Crippen LogP contribution in [0, 0.1) is 11.3 Å². The monoisotopic (exact) mass is 185 g/mol. The van der Waals surface area contributed by atoms with Crippen molar-refractivity contribution in [2.45, 2.75) is 67.0 Å². The highest BCUT2D eigenvalue weighted by Crippen LogP contribution is 2.20. The molecular formula is C12H27N. The zero-order valence-electron chi connectivity index (χ0n) is 10.4. The predicted molar refractivity (Wildman–Crippen MR) is 61.0 cm³/mol. The van der Waals surface area contributed by atoms with Crippen molar-refractivity contribution in [3.8, 4) is 0 Å². The van der Waals surface area contributed by atoms with Gasteiger partial charge < -0.3 is 5.32 Å². The third-order valence-corrected chi connectivity index (χ3v) is 3.31. The Morgan fingerprint density at radius 3 is 1.85 bits per heavy atom. The van der Waals surface area contributed by atoms with Crippen LogP contribution in [0.15, 0.2) is 0 Å². The number of hydrogen-bond acceptors (Lipinski definition) is 1. The van der Waals surface area contributed by atoms with Gasteiger partial charge in [-0.2, -0.15) is 0 Å². The summed E-state index contributed by atoms with van der Waals surface area (Å²) in [5, 5.41) is 3.67. The molecule has 0 aliphatic rings. The molecule has 0 aliphatic heterocycles. The van der Waals surface area contributed by atoms with E-state index in [1.807, 2.05) is 0 Å². The van der Waals surface area contributed by atoms with Gasteiger partial charge in [0, 0.05) is 12.1 Å². The Kier molecular flexibility index (Phi) is 4.98. The van der Waals surface area contributed by atoms with Crippen LogP contribution < -0.4 is 5.32 Å². The molecule has 0 aromatic carbocycles. The van der Waals surface area contributed by atoms with Crippen LogP contribution >= 0.6 is 0 Å². The van der Waals surface area contributed by atoms with E-state index in [4.69, 9.17) is 0 Å². The molecule has 0 heterocycles. The first-order valence-electron chi connectivity index (χ1n) is 5.55. The van der Waals surface area contributed by atoms with Crippen molar-refractivity contribution in [2.24, 2.45) is 11.3 Å². The van der Waals surface area contributed by atoms with Gasteiger partial charge in [0.1, 0.15) is 0 Å². The average molecular weight is 185 g/mol. The van der Waals surface area contributed by atoms with Gasteiger partial charge in [-0.05, 0) is 25.2 Å². The fourth-order valence-corrected chi connectivity index (χ4v) is 1.16. The van der Waals surface area contributed by atoms with Gasteiger partial charge in [-0.25, -0.2) is 0 Å². The third kappa shape index (κ3) is 4.66. The van der Waals surface area contributed by atoms with E-state index >= 15 is 0 Å². The van der Waals surface area contributed by atoms with E-state index in [1.165, 1.54) is 6.42 Å². The molecule has 0 radical (unpaired) electrons. The average Bonchev–Trinajstić information content (AvgIpc) is 2.01. The van der Waals surface area contributed by atoms with Gasteiger partial charge in [-0.3, -0.25) is 0 Å². The molecule has 0 amide bonds. The Bertz CT molecular complexity index is 135. The van der Waals surface area contributed by atoms with E-state index in [2.05, 4.69) is 53.8 Å². The normalized spacial score (nSPS) is 19.6. The molecule has 0 aromatic heterocycles. The fraction of sp³-hybridized carbons (Fsp3) is 1.00. The van der Waals surface area contributed by atoms with Crippen molar-refractivity contribution in [1.82, 2.24) is 5.32 Å². The second-order valence-electron chi connectivity index (χ2n) is 5.43. The number of nitrogens with one attached hydrogen (secondary N) is 1. The lowest BCUT2D eigenvalue weighted by Gasteiger charge is -2.33. The highest BCUT2D eigenvalue weighted by molar-refractivity contribution is 4.80. The van der Waals surface area contributed by atoms with Gasteiger partial charge in [0.25, 0.3) is 0 Å². The maximum atomic E-state index is 3.67. The first-order valence-corrected chi connectivity index (χ1v) is 5.55. The first kappa shape index (κ1) is 13.0. The van der Waals surface area contributed by atoms with Crippen molar-refractivity contribution >= 4 is 0 Å². The molecule has 3 atom stereocenters. The Balaban J connectivity index is 3.98. The van der Waals surface area contributed by atoms with Crippen LogP contribution in [0.25, 0.3) is 0 Å². The summed E-state index contributed by atoms with van der Waals surface area (Å²) in [5.74, 6) is 0.768. The maximum Gasteiger partial charge on any atom is 0.00898 e. The van der Waals surface area contributed by atoms with Crippen LogP contribution in [0.3, 0.4) is 0 Å². The van der Waals surface area contributed by atoms with Crippen LogP contribution in [-0.2, 0) is 0 Å². The van der Waals surface area contributed by atoms with Crippen LogP contribution in [0.5, 0.6) is 0 Å². The second-order valence-corrected chi connectivity index (χ2v) is 5.43. The van der Waals surface area contributed by atoms with Crippen LogP contribution in [0.4, 0.5) is 0 Å². The van der Waals surface area contributed by atoms with Crippen molar-refractivity contribution in [1.29, 1.82) is 0 Å². The molecule has 3 unspecified atom stereocenters. The van der Waals surface area contributed by atoms with Crippen molar-refractivity contribution in [2.75, 3.05) is 0 Å². The van der Waals surface area contributed by atoms with Crippen LogP contribution in [-0.4, -0.2) is 12.1 Å². The minimum atomic E-state index is 0.363. The summed E-state index contributed by atoms with van der Waals surface area (Å²) in [4.78, 5) is 0. The maximum absolute atomic E-state index is 3.67. The minimum absolute atomic E-state index is 0.363. The zero-order chi connectivity index (χ0) is 10.6. The van der Waals surface area contributed by atoms with E-state index in [1.54, 1.807) is 0 Å². The van der Waals surface area contributed by atoms with Gasteiger partial charge in [-0.1, -0.05) is 41.0 Å². The minimum Gasteiger partial charge on any atom is -0.311 e. The molecule has 1 nitrogen and oxygen atoms in total. The lowest BCUT2D eigenvalue weighted by Crippen LogP contribution is -2.45. The predicted octanol–water partition coefficient (Wildman–Crippen LogP) is 3.45. The zero-order valence-corrected chi connectivity index (χ0v) is 10.4. The van der Waals surface area contributed by atoms with Gasteiger partial charge in [0.15, 0.2) is 0 Å². The SMILES string of the molecule is CCC(C)C(C)NC(C)C(C)(C)C. The summed E-state index contributed by atoms with van der Waals surface area (Å²) in [6.45, 7) is 16.0. The Morgan fingerprint density at radius 1 is 1.08 bits per heavy atom. The Labute approximate surface area is 84.3 Å². The summed E-state index contributed by atoms with van der Waals surface area (Å²) in [6.07, 6.45) is 1.25. The van der Waals surface area contributed by atoms with E-state index in [9.17, 15) is 0 Å². The van der Waals surface area contributed by atoms with Gasteiger partial charge in [0.2, 0.25) is 0 Å². The standard InChI is InChI=1S/C12H27N/c1-8-9(2)10(3)13-11(4)12(5,6)7/h9-11,13H,8H2,1-7H3. The Morgan fingerprint density at radius 2 is 1.54 bits per heavy atom. The molecule has 0 bridgehead atoms. The summed E-state index contributed by atoms with van der Waals surface area (Å²) < 4.78 is 0. The smallest absolute Gasteiger partial charge is 0.00898 e. The molecular weight excluding hydrogens is 158 g/mol. The molecule has 0 fully saturated rings. The van der Waals surface area contributed by atoms with Crippen molar-refractivity contribution in [3.05, 3.63) is 0 Å². The largest absolute Gasteiger partial charge is 0.311 e. The van der Waals surface area contributed by atoms with Gasteiger partial charge in [0.05, 0.1) is 0 Å².